The first-order valence-electron chi connectivity index (χ1n) is 12.1. The maximum Gasteiger partial charge on any atom is 0.243 e. The molecule has 3 rings (SSSR count). The van der Waals surface area contributed by atoms with Gasteiger partial charge in [0.05, 0.1) is 7.11 Å². The van der Waals surface area contributed by atoms with E-state index in [0.717, 1.165) is 41.7 Å². The summed E-state index contributed by atoms with van der Waals surface area (Å²) < 4.78 is 11.4. The minimum atomic E-state index is -0.684. The molecule has 188 valence electrons. The number of carbonyl (C=O) groups is 2. The molecule has 0 radical (unpaired) electrons. The number of para-hydroxylation sites is 1. The Morgan fingerprint density at radius 3 is 2.57 bits per heavy atom. The third-order valence-electron chi connectivity index (χ3n) is 6.05. The normalized spacial score (nSPS) is 11.9. The molecule has 8 nitrogen and oxygen atoms in total. The number of rotatable bonds is 13. The molecule has 8 heteroatoms. The van der Waals surface area contributed by atoms with E-state index >= 15 is 0 Å². The Labute approximate surface area is 207 Å². The molecule has 1 unspecified atom stereocenters. The second-order valence-electron chi connectivity index (χ2n) is 8.40. The first-order valence-corrected chi connectivity index (χ1v) is 12.1. The zero-order valence-corrected chi connectivity index (χ0v) is 21.0. The number of hydrogen-bond donors (Lipinski definition) is 3. The quantitative estimate of drug-likeness (QED) is 0.349. The summed E-state index contributed by atoms with van der Waals surface area (Å²) in [6, 6.07) is 12.8. The van der Waals surface area contributed by atoms with Crippen molar-refractivity contribution in [3.8, 4) is 11.5 Å². The van der Waals surface area contributed by atoms with E-state index in [2.05, 4.69) is 34.4 Å². The van der Waals surface area contributed by atoms with Crippen LogP contribution in [-0.2, 0) is 22.6 Å². The number of fused-ring (bicyclic) bond motifs is 1. The Kier molecular flexibility index (Phi) is 9.55. The number of amides is 2. The fourth-order valence-corrected chi connectivity index (χ4v) is 4.05. The number of likely N-dealkylation sites (N-methyl/N-ethyl adjacent to an activating group) is 1. The van der Waals surface area contributed by atoms with Crippen molar-refractivity contribution in [2.75, 3.05) is 33.4 Å². The Hall–Kier alpha value is -3.52. The number of nitrogens with one attached hydrogen (secondary N) is 3. The van der Waals surface area contributed by atoms with Gasteiger partial charge in [0.1, 0.15) is 12.6 Å². The number of benzene rings is 2. The molecule has 1 heterocycles. The van der Waals surface area contributed by atoms with Gasteiger partial charge in [0, 0.05) is 43.5 Å². The van der Waals surface area contributed by atoms with Gasteiger partial charge < -0.3 is 30.0 Å². The van der Waals surface area contributed by atoms with Crippen LogP contribution in [0.5, 0.6) is 11.5 Å². The number of carbonyl (C=O) groups excluding carboxylic acids is 2. The number of aromatic amines is 1. The van der Waals surface area contributed by atoms with Gasteiger partial charge in [-0.25, -0.2) is 0 Å². The van der Waals surface area contributed by atoms with Gasteiger partial charge in [0.15, 0.2) is 11.5 Å². The summed E-state index contributed by atoms with van der Waals surface area (Å²) >= 11 is 0. The van der Waals surface area contributed by atoms with E-state index in [1.165, 1.54) is 6.92 Å². The highest BCUT2D eigenvalue weighted by atomic mass is 16.5. The van der Waals surface area contributed by atoms with E-state index in [0.29, 0.717) is 31.1 Å². The molecule has 2 amide bonds. The number of hydrogen-bond acceptors (Lipinski definition) is 5. The van der Waals surface area contributed by atoms with Crippen LogP contribution in [0, 0.1) is 0 Å². The van der Waals surface area contributed by atoms with Crippen molar-refractivity contribution in [3.63, 3.8) is 0 Å². The third kappa shape index (κ3) is 7.23. The van der Waals surface area contributed by atoms with Crippen LogP contribution in [0.25, 0.3) is 10.9 Å². The van der Waals surface area contributed by atoms with Gasteiger partial charge in [-0.15, -0.1) is 0 Å². The topological polar surface area (TPSA) is 95.7 Å². The SMILES string of the molecule is CCN(CC)CCOc1ccc(CNC(=O)C(Cc2c[nH]c3ccccc23)NC(C)=O)cc1OC. The van der Waals surface area contributed by atoms with Crippen LogP contribution >= 0.6 is 0 Å². The molecule has 0 aliphatic rings. The Morgan fingerprint density at radius 2 is 1.86 bits per heavy atom. The van der Waals surface area contributed by atoms with E-state index in [1.807, 2.05) is 48.7 Å². The van der Waals surface area contributed by atoms with Gasteiger partial charge in [-0.05, 0) is 42.4 Å². The van der Waals surface area contributed by atoms with Crippen molar-refractivity contribution >= 4 is 22.7 Å². The smallest absolute Gasteiger partial charge is 0.243 e. The fourth-order valence-electron chi connectivity index (χ4n) is 4.05. The van der Waals surface area contributed by atoms with Gasteiger partial charge in [-0.2, -0.15) is 0 Å². The highest BCUT2D eigenvalue weighted by molar-refractivity contribution is 5.89. The van der Waals surface area contributed by atoms with Crippen molar-refractivity contribution in [1.82, 2.24) is 20.5 Å². The van der Waals surface area contributed by atoms with Crippen molar-refractivity contribution in [1.29, 1.82) is 0 Å². The molecule has 35 heavy (non-hydrogen) atoms. The minimum Gasteiger partial charge on any atom is -0.493 e. The fraction of sp³-hybridized carbons (Fsp3) is 0.407. The molecule has 0 fully saturated rings. The van der Waals surface area contributed by atoms with E-state index in [1.54, 1.807) is 7.11 Å². The summed E-state index contributed by atoms with van der Waals surface area (Å²) in [4.78, 5) is 30.3. The molecule has 3 aromatic rings. The Bertz CT molecular complexity index is 1120. The molecule has 0 spiro atoms. The third-order valence-corrected chi connectivity index (χ3v) is 6.05. The van der Waals surface area contributed by atoms with E-state index in [-0.39, 0.29) is 11.8 Å². The lowest BCUT2D eigenvalue weighted by atomic mass is 10.0. The first kappa shape index (κ1) is 26.1. The molecule has 1 aromatic heterocycles. The number of ether oxygens (including phenoxy) is 2. The standard InChI is InChI=1S/C27H36N4O4/c1-5-31(6-2)13-14-35-25-12-11-20(15-26(25)34-4)17-29-27(33)24(30-19(3)32)16-21-18-28-23-10-8-7-9-22(21)23/h7-12,15,18,24,28H,5-6,13-14,16-17H2,1-4H3,(H,29,33)(H,30,32). The zero-order valence-electron chi connectivity index (χ0n) is 21.0. The van der Waals surface area contributed by atoms with Crippen molar-refractivity contribution in [2.45, 2.75) is 39.8 Å². The largest absolute Gasteiger partial charge is 0.493 e. The van der Waals surface area contributed by atoms with Gasteiger partial charge >= 0.3 is 0 Å². The van der Waals surface area contributed by atoms with Crippen LogP contribution in [0.3, 0.4) is 0 Å². The molecule has 2 aromatic carbocycles. The lowest BCUT2D eigenvalue weighted by Gasteiger charge is -2.19. The Morgan fingerprint density at radius 1 is 1.09 bits per heavy atom. The molecule has 3 N–H and O–H groups in total. The van der Waals surface area contributed by atoms with Crippen LogP contribution in [0.2, 0.25) is 0 Å². The summed E-state index contributed by atoms with van der Waals surface area (Å²) in [6.07, 6.45) is 2.27. The molecular formula is C27H36N4O4. The van der Waals surface area contributed by atoms with Crippen molar-refractivity contribution in [2.24, 2.45) is 0 Å². The van der Waals surface area contributed by atoms with E-state index in [4.69, 9.17) is 9.47 Å². The average molecular weight is 481 g/mol. The maximum absolute atomic E-state index is 13.0. The van der Waals surface area contributed by atoms with E-state index < -0.39 is 6.04 Å². The summed E-state index contributed by atoms with van der Waals surface area (Å²) in [6.45, 7) is 9.35. The molecule has 0 saturated heterocycles. The molecule has 0 saturated carbocycles. The number of aromatic nitrogens is 1. The van der Waals surface area contributed by atoms with Crippen LogP contribution in [0.15, 0.2) is 48.7 Å². The van der Waals surface area contributed by atoms with Crippen molar-refractivity contribution < 1.29 is 19.1 Å². The monoisotopic (exact) mass is 480 g/mol. The molecule has 0 aliphatic carbocycles. The van der Waals surface area contributed by atoms with Gasteiger partial charge in [0.2, 0.25) is 11.8 Å². The highest BCUT2D eigenvalue weighted by Gasteiger charge is 2.21. The van der Waals surface area contributed by atoms with Crippen LogP contribution in [0.1, 0.15) is 31.9 Å². The maximum atomic E-state index is 13.0. The predicted octanol–water partition coefficient (Wildman–Crippen LogP) is 3.26. The molecule has 0 bridgehead atoms. The number of H-pyrrole nitrogens is 1. The van der Waals surface area contributed by atoms with Gasteiger partial charge in [0.25, 0.3) is 0 Å². The number of methoxy groups -OCH3 is 1. The molecular weight excluding hydrogens is 444 g/mol. The number of nitrogens with zero attached hydrogens (tertiary/aromatic N) is 1. The van der Waals surface area contributed by atoms with Crippen LogP contribution in [-0.4, -0.2) is 61.1 Å². The lowest BCUT2D eigenvalue weighted by molar-refractivity contribution is -0.128. The predicted molar refractivity (Wildman–Crippen MR) is 138 cm³/mol. The minimum absolute atomic E-state index is 0.246. The van der Waals surface area contributed by atoms with Gasteiger partial charge in [-0.3, -0.25) is 9.59 Å². The van der Waals surface area contributed by atoms with E-state index in [9.17, 15) is 9.59 Å². The van der Waals surface area contributed by atoms with Crippen LogP contribution < -0.4 is 20.1 Å². The Balaban J connectivity index is 1.62. The molecule has 0 aliphatic heterocycles. The first-order chi connectivity index (χ1) is 16.9. The molecule has 1 atom stereocenters. The second-order valence-corrected chi connectivity index (χ2v) is 8.40. The second kappa shape index (κ2) is 12.8. The summed E-state index contributed by atoms with van der Waals surface area (Å²) in [7, 11) is 1.60. The van der Waals surface area contributed by atoms with Gasteiger partial charge in [-0.1, -0.05) is 38.1 Å². The average Bonchev–Trinajstić information content (AvgIpc) is 3.27. The highest BCUT2D eigenvalue weighted by Crippen LogP contribution is 2.28. The van der Waals surface area contributed by atoms with Crippen LogP contribution in [0.4, 0.5) is 0 Å². The zero-order chi connectivity index (χ0) is 25.2. The summed E-state index contributed by atoms with van der Waals surface area (Å²) in [5.74, 6) is 0.792. The van der Waals surface area contributed by atoms with Crippen molar-refractivity contribution in [3.05, 3.63) is 59.8 Å². The summed E-state index contributed by atoms with van der Waals surface area (Å²) in [5, 5.41) is 6.76. The lowest BCUT2D eigenvalue weighted by Crippen LogP contribution is -2.47. The summed E-state index contributed by atoms with van der Waals surface area (Å²) in [5.41, 5.74) is 2.85.